The first-order valence-corrected chi connectivity index (χ1v) is 11.0. The molecule has 7 heteroatoms. The molecule has 1 amide bonds. The van der Waals surface area contributed by atoms with Crippen molar-refractivity contribution in [2.45, 2.75) is 10.6 Å². The van der Waals surface area contributed by atoms with Crippen molar-refractivity contribution in [1.82, 2.24) is 14.7 Å². The second-order valence-electron chi connectivity index (χ2n) is 6.73. The van der Waals surface area contributed by atoms with E-state index in [0.717, 1.165) is 32.7 Å². The quantitative estimate of drug-likeness (QED) is 0.575. The largest absolute Gasteiger partial charge is 0.378 e. The van der Waals surface area contributed by atoms with Gasteiger partial charge >= 0.3 is 0 Å². The van der Waals surface area contributed by atoms with E-state index < -0.39 is 0 Å². The molecule has 0 radical (unpaired) electrons. The number of nitrogens with zero attached hydrogens (tertiary/aromatic N) is 3. The standard InChI is InChI=1S/C21H18BrN3O2S/c22-16-6-2-3-7-17(16)25-20-14-5-1-4-8-18(14)28-13-15(20)19(23-25)21(26)24-9-11-27-12-10-24/h1-8H,9-13H2. The zero-order valence-corrected chi connectivity index (χ0v) is 17.5. The highest BCUT2D eigenvalue weighted by Gasteiger charge is 2.32. The summed E-state index contributed by atoms with van der Waals surface area (Å²) in [4.78, 5) is 16.4. The fourth-order valence-corrected chi connectivity index (χ4v) is 5.21. The van der Waals surface area contributed by atoms with Crippen LogP contribution in [0.5, 0.6) is 0 Å². The van der Waals surface area contributed by atoms with Crippen LogP contribution in [-0.4, -0.2) is 46.9 Å². The molecule has 5 rings (SSSR count). The number of morpholine rings is 1. The van der Waals surface area contributed by atoms with Gasteiger partial charge in [-0.15, -0.1) is 11.8 Å². The molecule has 2 aromatic carbocycles. The highest BCUT2D eigenvalue weighted by Crippen LogP contribution is 2.44. The minimum absolute atomic E-state index is 0.00895. The van der Waals surface area contributed by atoms with E-state index in [4.69, 9.17) is 9.84 Å². The molecular formula is C21H18BrN3O2S. The molecule has 2 aliphatic heterocycles. The summed E-state index contributed by atoms with van der Waals surface area (Å²) in [6, 6.07) is 16.3. The van der Waals surface area contributed by atoms with Gasteiger partial charge in [0, 0.05) is 39.3 Å². The van der Waals surface area contributed by atoms with E-state index >= 15 is 0 Å². The lowest BCUT2D eigenvalue weighted by Gasteiger charge is -2.26. The normalized spacial score (nSPS) is 15.8. The lowest BCUT2D eigenvalue weighted by Crippen LogP contribution is -2.41. The molecule has 1 aromatic heterocycles. The van der Waals surface area contributed by atoms with Crippen LogP contribution in [0.4, 0.5) is 0 Å². The van der Waals surface area contributed by atoms with Crippen LogP contribution in [0.1, 0.15) is 16.1 Å². The molecule has 0 bridgehead atoms. The van der Waals surface area contributed by atoms with E-state index in [-0.39, 0.29) is 5.91 Å². The van der Waals surface area contributed by atoms with Crippen LogP contribution in [-0.2, 0) is 10.5 Å². The average Bonchev–Trinajstić information content (AvgIpc) is 3.14. The summed E-state index contributed by atoms with van der Waals surface area (Å²) in [5.74, 6) is 0.729. The molecule has 5 nitrogen and oxygen atoms in total. The second-order valence-corrected chi connectivity index (χ2v) is 8.60. The smallest absolute Gasteiger partial charge is 0.274 e. The molecule has 2 aliphatic rings. The molecular weight excluding hydrogens is 438 g/mol. The Kier molecular flexibility index (Phi) is 4.74. The average molecular weight is 456 g/mol. The van der Waals surface area contributed by atoms with Crippen LogP contribution in [0, 0.1) is 0 Å². The third-order valence-corrected chi connectivity index (χ3v) is 6.85. The van der Waals surface area contributed by atoms with E-state index in [1.165, 1.54) is 4.90 Å². The van der Waals surface area contributed by atoms with Gasteiger partial charge in [-0.25, -0.2) is 4.68 Å². The van der Waals surface area contributed by atoms with Crippen molar-refractivity contribution in [3.63, 3.8) is 0 Å². The van der Waals surface area contributed by atoms with Gasteiger partial charge in [-0.3, -0.25) is 4.79 Å². The third kappa shape index (κ3) is 2.98. The number of hydrogen-bond donors (Lipinski definition) is 0. The van der Waals surface area contributed by atoms with Gasteiger partial charge in [-0.1, -0.05) is 30.3 Å². The highest BCUT2D eigenvalue weighted by molar-refractivity contribution is 9.10. The Morgan fingerprint density at radius 3 is 2.64 bits per heavy atom. The number of halogens is 1. The van der Waals surface area contributed by atoms with Crippen molar-refractivity contribution in [3.8, 4) is 16.9 Å². The first-order valence-electron chi connectivity index (χ1n) is 9.20. The van der Waals surface area contributed by atoms with Crippen molar-refractivity contribution >= 4 is 33.6 Å². The SMILES string of the molecule is O=C(c1nn(-c2ccccc2Br)c2c1CSc1ccccc1-2)N1CCOCC1. The molecule has 0 spiro atoms. The molecule has 0 N–H and O–H groups in total. The number of carbonyl (C=O) groups is 1. The van der Waals surface area contributed by atoms with Crippen LogP contribution < -0.4 is 0 Å². The topological polar surface area (TPSA) is 47.4 Å². The summed E-state index contributed by atoms with van der Waals surface area (Å²) >= 11 is 5.41. The number of carbonyl (C=O) groups excluding carboxylic acids is 1. The van der Waals surface area contributed by atoms with Gasteiger partial charge in [-0.05, 0) is 34.1 Å². The van der Waals surface area contributed by atoms with Crippen molar-refractivity contribution in [3.05, 3.63) is 64.3 Å². The summed E-state index contributed by atoms with van der Waals surface area (Å²) in [5, 5.41) is 4.84. The summed E-state index contributed by atoms with van der Waals surface area (Å²) in [6.07, 6.45) is 0. The van der Waals surface area contributed by atoms with Crippen molar-refractivity contribution in [2.24, 2.45) is 0 Å². The fourth-order valence-electron chi connectivity index (χ4n) is 3.69. The van der Waals surface area contributed by atoms with E-state index in [0.29, 0.717) is 32.0 Å². The summed E-state index contributed by atoms with van der Waals surface area (Å²) in [7, 11) is 0. The summed E-state index contributed by atoms with van der Waals surface area (Å²) in [6.45, 7) is 2.38. The lowest BCUT2D eigenvalue weighted by atomic mass is 10.0. The van der Waals surface area contributed by atoms with Gasteiger partial charge in [0.15, 0.2) is 5.69 Å². The number of fused-ring (bicyclic) bond motifs is 3. The van der Waals surface area contributed by atoms with Crippen molar-refractivity contribution in [1.29, 1.82) is 0 Å². The number of rotatable bonds is 2. The van der Waals surface area contributed by atoms with E-state index in [2.05, 4.69) is 34.1 Å². The number of para-hydroxylation sites is 1. The maximum absolute atomic E-state index is 13.3. The monoisotopic (exact) mass is 455 g/mol. The molecule has 0 unspecified atom stereocenters. The van der Waals surface area contributed by atoms with Crippen LogP contribution >= 0.6 is 27.7 Å². The Hall–Kier alpha value is -2.09. The van der Waals surface area contributed by atoms with Gasteiger partial charge in [0.1, 0.15) is 0 Å². The Balaban J connectivity index is 1.71. The minimum atomic E-state index is -0.00895. The van der Waals surface area contributed by atoms with Crippen LogP contribution in [0.25, 0.3) is 16.9 Å². The van der Waals surface area contributed by atoms with Crippen LogP contribution in [0.15, 0.2) is 57.9 Å². The Bertz CT molecular complexity index is 1060. The lowest BCUT2D eigenvalue weighted by molar-refractivity contribution is 0.0298. The molecule has 3 aromatic rings. The Labute approximate surface area is 175 Å². The van der Waals surface area contributed by atoms with Crippen molar-refractivity contribution < 1.29 is 9.53 Å². The molecule has 1 saturated heterocycles. The van der Waals surface area contributed by atoms with Gasteiger partial charge in [0.2, 0.25) is 0 Å². The molecule has 142 valence electrons. The zero-order valence-electron chi connectivity index (χ0n) is 15.1. The van der Waals surface area contributed by atoms with Gasteiger partial charge in [0.05, 0.1) is 24.6 Å². The van der Waals surface area contributed by atoms with E-state index in [1.54, 1.807) is 11.8 Å². The third-order valence-electron chi connectivity index (χ3n) is 5.08. The minimum Gasteiger partial charge on any atom is -0.378 e. The number of amides is 1. The number of benzene rings is 2. The number of hydrogen-bond acceptors (Lipinski definition) is 4. The second kappa shape index (κ2) is 7.39. The summed E-state index contributed by atoms with van der Waals surface area (Å²) in [5.41, 5.74) is 4.63. The maximum Gasteiger partial charge on any atom is 0.274 e. The van der Waals surface area contributed by atoms with Crippen LogP contribution in [0.2, 0.25) is 0 Å². The molecule has 28 heavy (non-hydrogen) atoms. The first-order chi connectivity index (χ1) is 13.7. The first kappa shape index (κ1) is 18.0. The zero-order chi connectivity index (χ0) is 19.1. The number of ether oxygens (including phenoxy) is 1. The predicted molar refractivity (Wildman–Crippen MR) is 113 cm³/mol. The van der Waals surface area contributed by atoms with E-state index in [1.807, 2.05) is 39.9 Å². The molecule has 0 saturated carbocycles. The Morgan fingerprint density at radius 2 is 1.82 bits per heavy atom. The summed E-state index contributed by atoms with van der Waals surface area (Å²) < 4.78 is 8.27. The molecule has 1 fully saturated rings. The van der Waals surface area contributed by atoms with Gasteiger partial charge in [0.25, 0.3) is 5.91 Å². The van der Waals surface area contributed by atoms with E-state index in [9.17, 15) is 4.79 Å². The fraction of sp³-hybridized carbons (Fsp3) is 0.238. The van der Waals surface area contributed by atoms with Crippen LogP contribution in [0.3, 0.4) is 0 Å². The number of thioether (sulfide) groups is 1. The molecule has 3 heterocycles. The number of aromatic nitrogens is 2. The Morgan fingerprint density at radius 1 is 1.07 bits per heavy atom. The van der Waals surface area contributed by atoms with Gasteiger partial charge < -0.3 is 9.64 Å². The molecule has 0 aliphatic carbocycles. The molecule has 0 atom stereocenters. The predicted octanol–water partition coefficient (Wildman–Crippen LogP) is 4.38. The maximum atomic E-state index is 13.3. The van der Waals surface area contributed by atoms with Gasteiger partial charge in [-0.2, -0.15) is 5.10 Å². The highest BCUT2D eigenvalue weighted by atomic mass is 79.9. The van der Waals surface area contributed by atoms with Crippen molar-refractivity contribution in [2.75, 3.05) is 26.3 Å².